The van der Waals surface area contributed by atoms with Crippen molar-refractivity contribution in [2.45, 2.75) is 17.7 Å². The van der Waals surface area contributed by atoms with Gasteiger partial charge in [-0.15, -0.1) is 10.1 Å². The summed E-state index contributed by atoms with van der Waals surface area (Å²) in [5.41, 5.74) is 4.14. The van der Waals surface area contributed by atoms with E-state index >= 15 is 0 Å². The topological polar surface area (TPSA) is 115 Å². The zero-order valence-electron chi connectivity index (χ0n) is 15.2. The number of aromatic nitrogens is 2. The van der Waals surface area contributed by atoms with Crippen LogP contribution in [0.3, 0.4) is 0 Å². The van der Waals surface area contributed by atoms with Crippen LogP contribution >= 0.6 is 0 Å². The summed E-state index contributed by atoms with van der Waals surface area (Å²) in [6.45, 7) is -0.0799. The maximum atomic E-state index is 11.7. The smallest absolute Gasteiger partial charge is 0.294 e. The zero-order chi connectivity index (χ0) is 20.1. The van der Waals surface area contributed by atoms with E-state index in [0.29, 0.717) is 18.5 Å². The van der Waals surface area contributed by atoms with Crippen molar-refractivity contribution in [3.8, 4) is 11.3 Å². The summed E-state index contributed by atoms with van der Waals surface area (Å²) in [5, 5.41) is 16.9. The van der Waals surface area contributed by atoms with E-state index in [-0.39, 0.29) is 11.5 Å². The summed E-state index contributed by atoms with van der Waals surface area (Å²) in [4.78, 5) is 15.1. The van der Waals surface area contributed by atoms with Gasteiger partial charge in [0.15, 0.2) is 9.84 Å². The summed E-state index contributed by atoms with van der Waals surface area (Å²) < 4.78 is 23.4. The second-order valence-corrected chi connectivity index (χ2v) is 8.31. The van der Waals surface area contributed by atoms with E-state index < -0.39 is 14.9 Å². The van der Waals surface area contributed by atoms with Crippen LogP contribution in [0.1, 0.15) is 16.8 Å². The number of benzene rings is 2. The van der Waals surface area contributed by atoms with E-state index in [2.05, 4.69) is 15.0 Å². The van der Waals surface area contributed by atoms with Gasteiger partial charge in [-0.3, -0.25) is 5.10 Å². The summed E-state index contributed by atoms with van der Waals surface area (Å²) in [7, 11) is -3.28. The van der Waals surface area contributed by atoms with Gasteiger partial charge < -0.3 is 4.84 Å². The van der Waals surface area contributed by atoms with Crippen LogP contribution in [0.5, 0.6) is 0 Å². The molecule has 0 fully saturated rings. The summed E-state index contributed by atoms with van der Waals surface area (Å²) in [6.07, 6.45) is 2.04. The minimum absolute atomic E-state index is 0.0799. The molecule has 0 unspecified atom stereocenters. The van der Waals surface area contributed by atoms with Crippen LogP contribution < -0.4 is 0 Å². The summed E-state index contributed by atoms with van der Waals surface area (Å²) >= 11 is 0. The fourth-order valence-corrected chi connectivity index (χ4v) is 3.55. The normalized spacial score (nSPS) is 11.3. The first kappa shape index (κ1) is 19.6. The van der Waals surface area contributed by atoms with Crippen molar-refractivity contribution in [3.05, 3.63) is 81.5 Å². The lowest BCUT2D eigenvalue weighted by Crippen LogP contribution is -2.06. The standard InChI is InChI=1S/C19H19N3O5S/c1-28(25,26)16-9-7-15(8-10-16)19-17(13-14-5-3-2-4-6-14)18(20-21-19)11-12-27-22(23)24/h2-10H,11-13H2,1H3,(H,20,21). The highest BCUT2D eigenvalue weighted by Crippen LogP contribution is 2.27. The Morgan fingerprint density at radius 1 is 1.11 bits per heavy atom. The maximum absolute atomic E-state index is 11.7. The minimum atomic E-state index is -3.28. The average molecular weight is 401 g/mol. The lowest BCUT2D eigenvalue weighted by molar-refractivity contribution is -0.757. The van der Waals surface area contributed by atoms with Crippen LogP contribution in [0.25, 0.3) is 11.3 Å². The Hall–Kier alpha value is -3.20. The highest BCUT2D eigenvalue weighted by Gasteiger charge is 2.17. The van der Waals surface area contributed by atoms with Crippen molar-refractivity contribution in [2.75, 3.05) is 12.9 Å². The van der Waals surface area contributed by atoms with Gasteiger partial charge in [-0.2, -0.15) is 5.10 Å². The van der Waals surface area contributed by atoms with Crippen molar-refractivity contribution in [1.82, 2.24) is 10.2 Å². The molecule has 1 N–H and O–H groups in total. The Kier molecular flexibility index (Phi) is 5.74. The molecule has 0 radical (unpaired) electrons. The van der Waals surface area contributed by atoms with E-state index in [1.54, 1.807) is 24.3 Å². The highest BCUT2D eigenvalue weighted by atomic mass is 32.2. The van der Waals surface area contributed by atoms with Crippen molar-refractivity contribution in [3.63, 3.8) is 0 Å². The average Bonchev–Trinajstić information content (AvgIpc) is 3.04. The molecular formula is C19H19N3O5S. The molecule has 0 spiro atoms. The molecule has 3 aromatic rings. The van der Waals surface area contributed by atoms with Gasteiger partial charge in [0, 0.05) is 35.9 Å². The maximum Gasteiger partial charge on any atom is 0.294 e. The molecule has 0 aliphatic carbocycles. The van der Waals surface area contributed by atoms with Crippen molar-refractivity contribution in [2.24, 2.45) is 0 Å². The van der Waals surface area contributed by atoms with Crippen LogP contribution in [0.15, 0.2) is 59.5 Å². The third-order valence-corrected chi connectivity index (χ3v) is 5.41. The van der Waals surface area contributed by atoms with E-state index in [0.717, 1.165) is 28.6 Å². The Labute approximate surface area is 162 Å². The minimum Gasteiger partial charge on any atom is -0.313 e. The first-order valence-electron chi connectivity index (χ1n) is 8.52. The molecule has 1 heterocycles. The summed E-state index contributed by atoms with van der Waals surface area (Å²) in [5.74, 6) is 0. The molecule has 0 saturated heterocycles. The van der Waals surface area contributed by atoms with Gasteiger partial charge in [0.1, 0.15) is 6.61 Å². The predicted octanol–water partition coefficient (Wildman–Crippen LogP) is 2.82. The quantitative estimate of drug-likeness (QED) is 0.458. The Morgan fingerprint density at radius 3 is 2.39 bits per heavy atom. The molecule has 3 rings (SSSR count). The van der Waals surface area contributed by atoms with Crippen molar-refractivity contribution in [1.29, 1.82) is 0 Å². The third kappa shape index (κ3) is 4.74. The van der Waals surface area contributed by atoms with Gasteiger partial charge in [0.05, 0.1) is 10.6 Å². The molecule has 146 valence electrons. The van der Waals surface area contributed by atoms with Crippen molar-refractivity contribution < 1.29 is 18.3 Å². The number of aromatic amines is 1. The predicted molar refractivity (Wildman–Crippen MR) is 103 cm³/mol. The molecule has 9 heteroatoms. The number of hydrogen-bond acceptors (Lipinski definition) is 6. The largest absolute Gasteiger partial charge is 0.313 e. The van der Waals surface area contributed by atoms with E-state index in [9.17, 15) is 18.5 Å². The molecule has 0 saturated carbocycles. The Morgan fingerprint density at radius 2 is 1.79 bits per heavy atom. The SMILES string of the molecule is CS(=O)(=O)c1ccc(-c2n[nH]c(CCO[N+](=O)[O-])c2Cc2ccccc2)cc1. The number of nitrogens with zero attached hydrogens (tertiary/aromatic N) is 2. The van der Waals surface area contributed by atoms with E-state index in [4.69, 9.17) is 0 Å². The van der Waals surface area contributed by atoms with Crippen LogP contribution in [-0.2, 0) is 27.5 Å². The molecule has 0 aliphatic rings. The van der Waals surface area contributed by atoms with Gasteiger partial charge in [-0.05, 0) is 17.7 Å². The lowest BCUT2D eigenvalue weighted by Gasteiger charge is -2.07. The summed E-state index contributed by atoms with van der Waals surface area (Å²) in [6, 6.07) is 16.3. The number of nitrogens with one attached hydrogen (secondary N) is 1. The van der Waals surface area contributed by atoms with E-state index in [1.165, 1.54) is 0 Å². The molecule has 0 atom stereocenters. The molecular weight excluding hydrogens is 382 g/mol. The number of rotatable bonds is 8. The first-order chi connectivity index (χ1) is 13.3. The molecule has 8 nitrogen and oxygen atoms in total. The van der Waals surface area contributed by atoms with Crippen LogP contribution in [0.2, 0.25) is 0 Å². The third-order valence-electron chi connectivity index (χ3n) is 4.28. The first-order valence-corrected chi connectivity index (χ1v) is 10.4. The zero-order valence-corrected chi connectivity index (χ0v) is 16.0. The van der Waals surface area contributed by atoms with Gasteiger partial charge in [-0.1, -0.05) is 42.5 Å². The second kappa shape index (κ2) is 8.22. The monoisotopic (exact) mass is 401 g/mol. The molecule has 2 aromatic carbocycles. The Balaban J connectivity index is 1.95. The van der Waals surface area contributed by atoms with E-state index in [1.807, 2.05) is 30.3 Å². The van der Waals surface area contributed by atoms with Gasteiger partial charge in [-0.25, -0.2) is 8.42 Å². The lowest BCUT2D eigenvalue weighted by atomic mass is 9.98. The fourth-order valence-electron chi connectivity index (χ4n) is 2.92. The fraction of sp³-hybridized carbons (Fsp3) is 0.211. The van der Waals surface area contributed by atoms with Gasteiger partial charge >= 0.3 is 0 Å². The van der Waals surface area contributed by atoms with Crippen LogP contribution in [-0.4, -0.2) is 36.6 Å². The highest BCUT2D eigenvalue weighted by molar-refractivity contribution is 7.90. The Bertz CT molecular complexity index is 1060. The van der Waals surface area contributed by atoms with Crippen LogP contribution in [0.4, 0.5) is 0 Å². The molecule has 0 bridgehead atoms. The molecule has 0 aliphatic heterocycles. The van der Waals surface area contributed by atoms with Crippen LogP contribution in [0, 0.1) is 10.1 Å². The number of H-pyrrole nitrogens is 1. The second-order valence-electron chi connectivity index (χ2n) is 6.30. The number of sulfone groups is 1. The van der Waals surface area contributed by atoms with Crippen molar-refractivity contribution >= 4 is 9.84 Å². The molecule has 28 heavy (non-hydrogen) atoms. The number of hydrogen-bond donors (Lipinski definition) is 1. The van der Waals surface area contributed by atoms with Gasteiger partial charge in [0.2, 0.25) is 0 Å². The van der Waals surface area contributed by atoms with Gasteiger partial charge in [0.25, 0.3) is 5.09 Å². The molecule has 1 aromatic heterocycles. The molecule has 0 amide bonds.